The first kappa shape index (κ1) is 15.0. The van der Waals surface area contributed by atoms with E-state index in [1.165, 1.54) is 0 Å². The molecule has 0 aliphatic rings. The van der Waals surface area contributed by atoms with Crippen LogP contribution in [0.3, 0.4) is 0 Å². The minimum Gasteiger partial charge on any atom is -0.497 e. The van der Waals surface area contributed by atoms with Crippen LogP contribution in [0.1, 0.15) is 25.5 Å². The van der Waals surface area contributed by atoms with Crippen LogP contribution in [0, 0.1) is 0 Å². The van der Waals surface area contributed by atoms with Crippen molar-refractivity contribution >= 4 is 0 Å². The van der Waals surface area contributed by atoms with Gasteiger partial charge in [-0.15, -0.1) is 0 Å². The summed E-state index contributed by atoms with van der Waals surface area (Å²) in [5.74, 6) is 0.812. The zero-order chi connectivity index (χ0) is 13.4. The molecule has 2 atom stereocenters. The quantitative estimate of drug-likeness (QED) is 0.771. The number of benzene rings is 1. The molecule has 0 saturated heterocycles. The van der Waals surface area contributed by atoms with Gasteiger partial charge in [0.05, 0.1) is 25.9 Å². The Balaban J connectivity index is 2.64. The van der Waals surface area contributed by atoms with Crippen LogP contribution in [-0.4, -0.2) is 33.0 Å². The SMILES string of the molecule is CCOCC(C)OC(CN)c1cccc(OC)c1. The number of hydrogen-bond acceptors (Lipinski definition) is 4. The van der Waals surface area contributed by atoms with E-state index >= 15 is 0 Å². The van der Waals surface area contributed by atoms with Crippen LogP contribution >= 0.6 is 0 Å². The summed E-state index contributed by atoms with van der Waals surface area (Å²) < 4.78 is 16.4. The minimum atomic E-state index is -0.129. The fourth-order valence-corrected chi connectivity index (χ4v) is 1.72. The Morgan fingerprint density at radius 3 is 2.72 bits per heavy atom. The van der Waals surface area contributed by atoms with Gasteiger partial charge in [0.1, 0.15) is 5.75 Å². The van der Waals surface area contributed by atoms with Crippen molar-refractivity contribution in [1.29, 1.82) is 0 Å². The van der Waals surface area contributed by atoms with Crippen molar-refractivity contribution in [2.75, 3.05) is 26.9 Å². The van der Waals surface area contributed by atoms with Crippen molar-refractivity contribution in [2.45, 2.75) is 26.1 Å². The lowest BCUT2D eigenvalue weighted by Gasteiger charge is -2.22. The summed E-state index contributed by atoms with van der Waals surface area (Å²) in [6, 6.07) is 7.78. The molecule has 0 aromatic heterocycles. The molecule has 1 aromatic carbocycles. The van der Waals surface area contributed by atoms with Crippen molar-refractivity contribution in [3.63, 3.8) is 0 Å². The normalized spacial score (nSPS) is 14.2. The van der Waals surface area contributed by atoms with Crippen LogP contribution in [0.25, 0.3) is 0 Å². The van der Waals surface area contributed by atoms with Crippen LogP contribution < -0.4 is 10.5 Å². The van der Waals surface area contributed by atoms with Crippen molar-refractivity contribution in [3.05, 3.63) is 29.8 Å². The average molecular weight is 253 g/mol. The van der Waals surface area contributed by atoms with Gasteiger partial charge in [-0.25, -0.2) is 0 Å². The van der Waals surface area contributed by atoms with Gasteiger partial charge >= 0.3 is 0 Å². The van der Waals surface area contributed by atoms with E-state index in [-0.39, 0.29) is 12.2 Å². The molecule has 0 bridgehead atoms. The summed E-state index contributed by atoms with van der Waals surface area (Å²) in [4.78, 5) is 0. The van der Waals surface area contributed by atoms with Gasteiger partial charge < -0.3 is 19.9 Å². The van der Waals surface area contributed by atoms with E-state index in [4.69, 9.17) is 19.9 Å². The Kier molecular flexibility index (Phi) is 6.72. The summed E-state index contributed by atoms with van der Waals surface area (Å²) in [6.45, 7) is 5.66. The van der Waals surface area contributed by atoms with Gasteiger partial charge in [-0.05, 0) is 31.5 Å². The third kappa shape index (κ3) is 4.64. The van der Waals surface area contributed by atoms with Crippen LogP contribution in [0.2, 0.25) is 0 Å². The first-order valence-corrected chi connectivity index (χ1v) is 6.28. The molecule has 0 aliphatic heterocycles. The largest absolute Gasteiger partial charge is 0.497 e. The topological polar surface area (TPSA) is 53.7 Å². The second kappa shape index (κ2) is 8.08. The van der Waals surface area contributed by atoms with Gasteiger partial charge in [-0.1, -0.05) is 12.1 Å². The predicted molar refractivity (Wildman–Crippen MR) is 71.8 cm³/mol. The Morgan fingerprint density at radius 2 is 2.11 bits per heavy atom. The molecule has 0 spiro atoms. The van der Waals surface area contributed by atoms with Crippen molar-refractivity contribution in [1.82, 2.24) is 0 Å². The van der Waals surface area contributed by atoms with E-state index < -0.39 is 0 Å². The second-order valence-electron chi connectivity index (χ2n) is 4.11. The lowest BCUT2D eigenvalue weighted by Crippen LogP contribution is -2.24. The summed E-state index contributed by atoms with van der Waals surface area (Å²) in [5, 5.41) is 0. The maximum absolute atomic E-state index is 5.88. The Bertz CT molecular complexity index is 344. The zero-order valence-corrected chi connectivity index (χ0v) is 11.4. The molecule has 1 rings (SSSR count). The Hall–Kier alpha value is -1.10. The fraction of sp³-hybridized carbons (Fsp3) is 0.571. The van der Waals surface area contributed by atoms with E-state index in [0.717, 1.165) is 11.3 Å². The number of rotatable bonds is 8. The third-order valence-corrected chi connectivity index (χ3v) is 2.63. The maximum atomic E-state index is 5.88. The third-order valence-electron chi connectivity index (χ3n) is 2.63. The summed E-state index contributed by atoms with van der Waals surface area (Å²) >= 11 is 0. The van der Waals surface area contributed by atoms with Gasteiger partial charge in [0.15, 0.2) is 0 Å². The molecule has 0 aliphatic carbocycles. The molecule has 2 unspecified atom stereocenters. The smallest absolute Gasteiger partial charge is 0.119 e. The van der Waals surface area contributed by atoms with Crippen molar-refractivity contribution in [3.8, 4) is 5.75 Å². The lowest BCUT2D eigenvalue weighted by molar-refractivity contribution is -0.0442. The molecule has 18 heavy (non-hydrogen) atoms. The van der Waals surface area contributed by atoms with Gasteiger partial charge in [-0.3, -0.25) is 0 Å². The van der Waals surface area contributed by atoms with Crippen molar-refractivity contribution in [2.24, 2.45) is 5.73 Å². The van der Waals surface area contributed by atoms with E-state index in [1.54, 1.807) is 7.11 Å². The molecule has 0 amide bonds. The molecule has 0 heterocycles. The molecule has 2 N–H and O–H groups in total. The van der Waals surface area contributed by atoms with Crippen LogP contribution in [0.4, 0.5) is 0 Å². The molecule has 0 saturated carbocycles. The van der Waals surface area contributed by atoms with Gasteiger partial charge in [-0.2, -0.15) is 0 Å². The lowest BCUT2D eigenvalue weighted by atomic mass is 10.1. The Morgan fingerprint density at radius 1 is 1.33 bits per heavy atom. The van der Waals surface area contributed by atoms with E-state index in [9.17, 15) is 0 Å². The molecule has 4 nitrogen and oxygen atoms in total. The van der Waals surface area contributed by atoms with E-state index in [0.29, 0.717) is 19.8 Å². The number of nitrogens with two attached hydrogens (primary N) is 1. The highest BCUT2D eigenvalue weighted by molar-refractivity contribution is 5.30. The summed E-state index contributed by atoms with van der Waals surface area (Å²) in [6.07, 6.45) is -0.111. The average Bonchev–Trinajstić information content (AvgIpc) is 2.42. The monoisotopic (exact) mass is 253 g/mol. The Labute approximate surface area is 109 Å². The standard InChI is InChI=1S/C14H23NO3/c1-4-17-10-11(2)18-14(9-15)12-6-5-7-13(8-12)16-3/h5-8,11,14H,4,9-10,15H2,1-3H3. The molecule has 1 aromatic rings. The maximum Gasteiger partial charge on any atom is 0.119 e. The highest BCUT2D eigenvalue weighted by Crippen LogP contribution is 2.22. The highest BCUT2D eigenvalue weighted by atomic mass is 16.5. The first-order chi connectivity index (χ1) is 8.71. The molecule has 102 valence electrons. The van der Waals surface area contributed by atoms with Crippen molar-refractivity contribution < 1.29 is 14.2 Å². The van der Waals surface area contributed by atoms with Gasteiger partial charge in [0.2, 0.25) is 0 Å². The second-order valence-corrected chi connectivity index (χ2v) is 4.11. The van der Waals surface area contributed by atoms with E-state index in [2.05, 4.69) is 0 Å². The minimum absolute atomic E-state index is 0.0182. The van der Waals surface area contributed by atoms with Crippen LogP contribution in [0.15, 0.2) is 24.3 Å². The summed E-state index contributed by atoms with van der Waals surface area (Å²) in [5.41, 5.74) is 6.79. The first-order valence-electron chi connectivity index (χ1n) is 6.28. The summed E-state index contributed by atoms with van der Waals surface area (Å²) in [7, 11) is 1.65. The highest BCUT2D eigenvalue weighted by Gasteiger charge is 2.14. The van der Waals surface area contributed by atoms with Crippen LogP contribution in [-0.2, 0) is 9.47 Å². The molecule has 0 radical (unpaired) electrons. The molecule has 4 heteroatoms. The number of hydrogen-bond donors (Lipinski definition) is 1. The van der Waals surface area contributed by atoms with Crippen LogP contribution in [0.5, 0.6) is 5.75 Å². The zero-order valence-electron chi connectivity index (χ0n) is 11.4. The van der Waals surface area contributed by atoms with Gasteiger partial charge in [0.25, 0.3) is 0 Å². The fourth-order valence-electron chi connectivity index (χ4n) is 1.72. The molecular formula is C14H23NO3. The van der Waals surface area contributed by atoms with E-state index in [1.807, 2.05) is 38.1 Å². The molecular weight excluding hydrogens is 230 g/mol. The predicted octanol–water partition coefficient (Wildman–Crippen LogP) is 2.14. The van der Waals surface area contributed by atoms with Gasteiger partial charge in [0, 0.05) is 13.2 Å². The molecule has 0 fully saturated rings. The number of ether oxygens (including phenoxy) is 3. The number of methoxy groups -OCH3 is 1.